The molecule has 0 aromatic rings. The van der Waals surface area contributed by atoms with Gasteiger partial charge in [0.25, 0.3) is 0 Å². The van der Waals surface area contributed by atoms with E-state index in [1.807, 2.05) is 37.8 Å². The normalized spacial score (nSPS) is 26.7. The lowest BCUT2D eigenvalue weighted by Gasteiger charge is -2.37. The summed E-state index contributed by atoms with van der Waals surface area (Å²) in [4.78, 5) is 0. The van der Waals surface area contributed by atoms with Gasteiger partial charge in [0.05, 0.1) is 19.0 Å². The number of halogens is 1. The zero-order chi connectivity index (χ0) is 13.5. The minimum atomic E-state index is -0.0988. The first-order chi connectivity index (χ1) is 8.56. The predicted molar refractivity (Wildman–Crippen MR) is 83.0 cm³/mol. The van der Waals surface area contributed by atoms with Crippen LogP contribution in [0.5, 0.6) is 0 Å². The van der Waals surface area contributed by atoms with Gasteiger partial charge in [0.1, 0.15) is 5.76 Å². The van der Waals surface area contributed by atoms with Crippen LogP contribution in [0.15, 0.2) is 22.4 Å². The van der Waals surface area contributed by atoms with E-state index in [9.17, 15) is 5.11 Å². The summed E-state index contributed by atoms with van der Waals surface area (Å²) in [5, 5.41) is 10.4. The van der Waals surface area contributed by atoms with Gasteiger partial charge in [-0.25, -0.2) is 0 Å². The number of hydrogen-bond donors (Lipinski definition) is 1. The molecule has 1 atom stereocenters. The lowest BCUT2D eigenvalue weighted by atomic mass is 9.80. The van der Waals surface area contributed by atoms with Crippen molar-refractivity contribution in [2.45, 2.75) is 44.5 Å². The van der Waals surface area contributed by atoms with Gasteiger partial charge in [0, 0.05) is 5.25 Å². The van der Waals surface area contributed by atoms with Gasteiger partial charge in [0.2, 0.25) is 0 Å². The van der Waals surface area contributed by atoms with Crippen molar-refractivity contribution in [1.29, 1.82) is 0 Å². The molecule has 18 heavy (non-hydrogen) atoms. The number of ether oxygens (including phenoxy) is 1. The predicted octanol–water partition coefficient (Wildman–Crippen LogP) is 4.10. The molecule has 0 aromatic carbocycles. The number of thioether (sulfide) groups is 1. The summed E-state index contributed by atoms with van der Waals surface area (Å²) in [6.45, 7) is 4.05. The van der Waals surface area contributed by atoms with E-state index in [1.54, 1.807) is 7.11 Å². The third kappa shape index (κ3) is 5.37. The zero-order valence-corrected chi connectivity index (χ0v) is 13.8. The van der Waals surface area contributed by atoms with E-state index in [1.165, 1.54) is 0 Å². The Morgan fingerprint density at radius 2 is 2.17 bits per heavy atom. The zero-order valence-electron chi connectivity index (χ0n) is 11.4. The fourth-order valence-electron chi connectivity index (χ4n) is 1.97. The smallest absolute Gasteiger partial charge is 0.105 e. The number of hydrogen-bond acceptors (Lipinski definition) is 3. The molecule has 1 saturated carbocycles. The Bertz CT molecular complexity index is 305. The fourth-order valence-corrected chi connectivity index (χ4v) is 3.49. The molecule has 0 aromatic heterocycles. The molecule has 0 spiro atoms. The van der Waals surface area contributed by atoms with Crippen molar-refractivity contribution in [2.75, 3.05) is 12.9 Å². The van der Waals surface area contributed by atoms with Gasteiger partial charge in [-0.05, 0) is 48.7 Å². The Kier molecular flexibility index (Phi) is 7.42. The van der Waals surface area contributed by atoms with Crippen LogP contribution in [0.1, 0.15) is 33.1 Å². The molecule has 1 aliphatic rings. The summed E-state index contributed by atoms with van der Waals surface area (Å²) >= 11 is 5.33. The first-order valence-electron chi connectivity index (χ1n) is 6.43. The van der Waals surface area contributed by atoms with Crippen LogP contribution in [-0.4, -0.2) is 29.3 Å². The maximum atomic E-state index is 9.71. The Hall–Kier alpha value is 0.0700. The molecule has 1 N–H and O–H groups in total. The highest BCUT2D eigenvalue weighted by atomic mass is 79.9. The van der Waals surface area contributed by atoms with Crippen LogP contribution in [0.3, 0.4) is 0 Å². The van der Waals surface area contributed by atoms with E-state index in [0.29, 0.717) is 11.2 Å². The second kappa shape index (κ2) is 8.28. The second-order valence-corrected chi connectivity index (χ2v) is 7.27. The third-order valence-corrected chi connectivity index (χ3v) is 4.89. The molecule has 0 amide bonds. The lowest BCUT2D eigenvalue weighted by molar-refractivity contribution is 0.0632. The standard InChI is InChI=1S/C14H23BrO2S/c1-4-14(16)11-7-13(8-11)18-9-12(17-3)6-5-10(2)15/h5-6,11,13-14,16H,4,7-9H2,1-3H3/b10-5+,12-6+. The van der Waals surface area contributed by atoms with Crippen LogP contribution in [0.25, 0.3) is 0 Å². The molecule has 1 rings (SSSR count). The Morgan fingerprint density at radius 1 is 1.50 bits per heavy atom. The summed E-state index contributed by atoms with van der Waals surface area (Å²) in [6.07, 6.45) is 7.07. The van der Waals surface area contributed by atoms with Crippen LogP contribution in [-0.2, 0) is 4.74 Å². The largest absolute Gasteiger partial charge is 0.500 e. The van der Waals surface area contributed by atoms with E-state index in [-0.39, 0.29) is 6.10 Å². The molecule has 4 heteroatoms. The minimum absolute atomic E-state index is 0.0988. The minimum Gasteiger partial charge on any atom is -0.500 e. The van der Waals surface area contributed by atoms with Crippen molar-refractivity contribution >= 4 is 27.7 Å². The van der Waals surface area contributed by atoms with E-state index in [4.69, 9.17) is 4.74 Å². The second-order valence-electron chi connectivity index (χ2n) is 4.73. The van der Waals surface area contributed by atoms with Crippen molar-refractivity contribution in [3.8, 4) is 0 Å². The van der Waals surface area contributed by atoms with Crippen molar-refractivity contribution < 1.29 is 9.84 Å². The molecule has 104 valence electrons. The number of aliphatic hydroxyl groups excluding tert-OH is 1. The Labute approximate surface area is 123 Å². The Morgan fingerprint density at radius 3 is 2.67 bits per heavy atom. The number of methoxy groups -OCH3 is 1. The van der Waals surface area contributed by atoms with Crippen LogP contribution >= 0.6 is 27.7 Å². The quantitative estimate of drug-likeness (QED) is 0.561. The summed E-state index contributed by atoms with van der Waals surface area (Å²) in [5.41, 5.74) is 0. The molecule has 2 nitrogen and oxygen atoms in total. The maximum Gasteiger partial charge on any atom is 0.105 e. The molecule has 0 radical (unpaired) electrons. The fraction of sp³-hybridized carbons (Fsp3) is 0.714. The average molecular weight is 335 g/mol. The Balaban J connectivity index is 2.26. The molecule has 0 bridgehead atoms. The van der Waals surface area contributed by atoms with Gasteiger partial charge >= 0.3 is 0 Å². The first kappa shape index (κ1) is 16.1. The molecule has 0 aliphatic heterocycles. The molecular weight excluding hydrogens is 312 g/mol. The summed E-state index contributed by atoms with van der Waals surface area (Å²) < 4.78 is 6.43. The van der Waals surface area contributed by atoms with Crippen molar-refractivity contribution in [1.82, 2.24) is 0 Å². The highest BCUT2D eigenvalue weighted by Crippen LogP contribution is 2.40. The number of aliphatic hydroxyl groups is 1. The van der Waals surface area contributed by atoms with Crippen LogP contribution in [0.2, 0.25) is 0 Å². The topological polar surface area (TPSA) is 29.5 Å². The highest BCUT2D eigenvalue weighted by Gasteiger charge is 2.33. The maximum absolute atomic E-state index is 9.71. The van der Waals surface area contributed by atoms with Gasteiger partial charge in [0.15, 0.2) is 0 Å². The highest BCUT2D eigenvalue weighted by molar-refractivity contribution is 9.11. The lowest BCUT2D eigenvalue weighted by Crippen LogP contribution is -2.35. The van der Waals surface area contributed by atoms with Crippen molar-refractivity contribution in [3.05, 3.63) is 22.4 Å². The summed E-state index contributed by atoms with van der Waals surface area (Å²) in [7, 11) is 1.72. The summed E-state index contributed by atoms with van der Waals surface area (Å²) in [6, 6.07) is 0. The van der Waals surface area contributed by atoms with E-state index < -0.39 is 0 Å². The van der Waals surface area contributed by atoms with Crippen molar-refractivity contribution in [3.63, 3.8) is 0 Å². The van der Waals surface area contributed by atoms with Gasteiger partial charge in [-0.2, -0.15) is 11.8 Å². The van der Waals surface area contributed by atoms with Crippen LogP contribution in [0, 0.1) is 5.92 Å². The van der Waals surface area contributed by atoms with Gasteiger partial charge in [-0.15, -0.1) is 0 Å². The van der Waals surface area contributed by atoms with E-state index in [2.05, 4.69) is 15.9 Å². The van der Waals surface area contributed by atoms with Crippen LogP contribution < -0.4 is 0 Å². The van der Waals surface area contributed by atoms with Gasteiger partial charge in [-0.1, -0.05) is 22.9 Å². The first-order valence-corrected chi connectivity index (χ1v) is 8.27. The molecule has 1 fully saturated rings. The van der Waals surface area contributed by atoms with E-state index in [0.717, 1.165) is 35.3 Å². The SMILES string of the molecule is CCC(O)C1CC(SC/C(=C\C=C(/C)Br)OC)C1. The van der Waals surface area contributed by atoms with Crippen LogP contribution in [0.4, 0.5) is 0 Å². The number of allylic oxidation sites excluding steroid dienone is 3. The van der Waals surface area contributed by atoms with E-state index >= 15 is 0 Å². The summed E-state index contributed by atoms with van der Waals surface area (Å²) in [5.74, 6) is 2.43. The monoisotopic (exact) mass is 334 g/mol. The van der Waals surface area contributed by atoms with Gasteiger partial charge in [-0.3, -0.25) is 0 Å². The average Bonchev–Trinajstić information content (AvgIpc) is 2.30. The molecule has 0 heterocycles. The van der Waals surface area contributed by atoms with Gasteiger partial charge < -0.3 is 9.84 Å². The van der Waals surface area contributed by atoms with Crippen molar-refractivity contribution in [2.24, 2.45) is 5.92 Å². The molecule has 0 saturated heterocycles. The number of rotatable bonds is 7. The third-order valence-electron chi connectivity index (χ3n) is 3.32. The molecule has 1 unspecified atom stereocenters. The molecule has 1 aliphatic carbocycles. The molecular formula is C14H23BrO2S.